The zero-order valence-corrected chi connectivity index (χ0v) is 8.06. The maximum absolute atomic E-state index is 12.4. The highest BCUT2D eigenvalue weighted by Crippen LogP contribution is 2.42. The van der Waals surface area contributed by atoms with Crippen molar-refractivity contribution in [3.05, 3.63) is 0 Å². The van der Waals surface area contributed by atoms with Crippen molar-refractivity contribution in [2.45, 2.75) is 25.4 Å². The number of alkyl halides is 3. The van der Waals surface area contributed by atoms with Gasteiger partial charge in [0, 0.05) is 6.54 Å². The third-order valence-electron chi connectivity index (χ3n) is 2.68. The molecular weight excluding hydrogens is 179 g/mol. The number of halogens is 3. The van der Waals surface area contributed by atoms with Gasteiger partial charge in [-0.25, -0.2) is 0 Å². The number of nitrogens with zero attached hydrogens (tertiary/aromatic N) is 1. The predicted molar refractivity (Wildman–Crippen MR) is 45.4 cm³/mol. The summed E-state index contributed by atoms with van der Waals surface area (Å²) in [6, 6.07) is 0. The molecule has 1 nitrogen and oxygen atoms in total. The van der Waals surface area contributed by atoms with Gasteiger partial charge in [0.25, 0.3) is 0 Å². The van der Waals surface area contributed by atoms with Crippen LogP contribution in [0.5, 0.6) is 0 Å². The topological polar surface area (TPSA) is 3.24 Å². The summed E-state index contributed by atoms with van der Waals surface area (Å²) in [6.07, 6.45) is -2.22. The molecule has 1 aliphatic rings. The summed E-state index contributed by atoms with van der Waals surface area (Å²) in [4.78, 5) is 1.84. The van der Waals surface area contributed by atoms with Crippen molar-refractivity contribution in [2.75, 3.05) is 20.6 Å². The minimum absolute atomic E-state index is 0.185. The zero-order valence-electron chi connectivity index (χ0n) is 8.06. The molecule has 1 fully saturated rings. The molecule has 0 amide bonds. The molecule has 0 spiro atoms. The molecule has 0 aromatic carbocycles. The first kappa shape index (κ1) is 10.8. The number of rotatable bonds is 2. The first-order valence-corrected chi connectivity index (χ1v) is 4.62. The zero-order chi connectivity index (χ0) is 10.1. The Morgan fingerprint density at radius 3 is 2.31 bits per heavy atom. The predicted octanol–water partition coefficient (Wildman–Crippen LogP) is 2.53. The van der Waals surface area contributed by atoms with Crippen molar-refractivity contribution in [3.63, 3.8) is 0 Å². The monoisotopic (exact) mass is 195 g/mol. The average Bonchev–Trinajstić information content (AvgIpc) is 2.31. The summed E-state index contributed by atoms with van der Waals surface area (Å²) in [6.45, 7) is 0.560. The summed E-state index contributed by atoms with van der Waals surface area (Å²) in [5, 5.41) is 0. The highest BCUT2D eigenvalue weighted by Gasteiger charge is 2.46. The molecule has 0 aliphatic heterocycles. The van der Waals surface area contributed by atoms with Crippen LogP contribution in [-0.4, -0.2) is 31.7 Å². The highest BCUT2D eigenvalue weighted by atomic mass is 19.4. The molecule has 0 aromatic rings. The van der Waals surface area contributed by atoms with E-state index in [1.807, 2.05) is 19.0 Å². The molecule has 4 heteroatoms. The summed E-state index contributed by atoms with van der Waals surface area (Å²) in [7, 11) is 3.65. The van der Waals surface area contributed by atoms with Crippen molar-refractivity contribution in [3.8, 4) is 0 Å². The molecular formula is C9H16F3N. The lowest BCUT2D eigenvalue weighted by Gasteiger charge is -2.24. The van der Waals surface area contributed by atoms with Crippen LogP contribution in [0.1, 0.15) is 19.3 Å². The van der Waals surface area contributed by atoms with Crippen molar-refractivity contribution >= 4 is 0 Å². The average molecular weight is 195 g/mol. The van der Waals surface area contributed by atoms with E-state index in [-0.39, 0.29) is 5.92 Å². The van der Waals surface area contributed by atoms with Gasteiger partial charge in [0.05, 0.1) is 5.92 Å². The van der Waals surface area contributed by atoms with Crippen molar-refractivity contribution < 1.29 is 13.2 Å². The van der Waals surface area contributed by atoms with Gasteiger partial charge in [-0.3, -0.25) is 0 Å². The van der Waals surface area contributed by atoms with Crippen LogP contribution in [0.3, 0.4) is 0 Å². The Labute approximate surface area is 76.9 Å². The first-order valence-electron chi connectivity index (χ1n) is 4.62. The van der Waals surface area contributed by atoms with Crippen LogP contribution in [0.2, 0.25) is 0 Å². The van der Waals surface area contributed by atoms with Gasteiger partial charge in [0.15, 0.2) is 0 Å². The van der Waals surface area contributed by atoms with E-state index in [9.17, 15) is 13.2 Å². The summed E-state index contributed by atoms with van der Waals surface area (Å²) >= 11 is 0. The second-order valence-electron chi connectivity index (χ2n) is 4.10. The largest absolute Gasteiger partial charge is 0.392 e. The van der Waals surface area contributed by atoms with Gasteiger partial charge in [-0.05, 0) is 32.9 Å². The summed E-state index contributed by atoms with van der Waals surface area (Å²) < 4.78 is 37.3. The molecule has 1 unspecified atom stereocenters. The Morgan fingerprint density at radius 1 is 1.23 bits per heavy atom. The molecule has 13 heavy (non-hydrogen) atoms. The molecule has 1 saturated carbocycles. The van der Waals surface area contributed by atoms with E-state index in [2.05, 4.69) is 0 Å². The van der Waals surface area contributed by atoms with Gasteiger partial charge >= 0.3 is 6.18 Å². The van der Waals surface area contributed by atoms with Crippen LogP contribution in [-0.2, 0) is 0 Å². The Balaban J connectivity index is 2.54. The van der Waals surface area contributed by atoms with Crippen LogP contribution < -0.4 is 0 Å². The second-order valence-corrected chi connectivity index (χ2v) is 4.10. The van der Waals surface area contributed by atoms with Gasteiger partial charge in [0.1, 0.15) is 0 Å². The van der Waals surface area contributed by atoms with Crippen LogP contribution in [0.4, 0.5) is 13.2 Å². The van der Waals surface area contributed by atoms with Gasteiger partial charge < -0.3 is 4.90 Å². The second kappa shape index (κ2) is 3.86. The van der Waals surface area contributed by atoms with Crippen molar-refractivity contribution in [2.24, 2.45) is 11.8 Å². The summed E-state index contributed by atoms with van der Waals surface area (Å²) in [5.74, 6) is -1.25. The fourth-order valence-corrected chi connectivity index (χ4v) is 2.16. The van der Waals surface area contributed by atoms with E-state index in [0.29, 0.717) is 13.0 Å². The lowest BCUT2D eigenvalue weighted by atomic mass is 9.95. The first-order chi connectivity index (χ1) is 5.91. The van der Waals surface area contributed by atoms with E-state index >= 15 is 0 Å². The normalized spacial score (nSPS) is 30.0. The standard InChI is InChI=1S/C9H16F3N/c1-13(2)6-7-4-3-5-8(7)9(10,11)12/h7-8H,3-6H2,1-2H3/t7?,8-/m1/s1. The fraction of sp³-hybridized carbons (Fsp3) is 1.00. The third-order valence-corrected chi connectivity index (χ3v) is 2.68. The molecule has 0 saturated heterocycles. The van der Waals surface area contributed by atoms with Crippen LogP contribution in [0.25, 0.3) is 0 Å². The molecule has 0 bridgehead atoms. The molecule has 1 rings (SSSR count). The number of hydrogen-bond donors (Lipinski definition) is 0. The van der Waals surface area contributed by atoms with Gasteiger partial charge in [-0.2, -0.15) is 13.2 Å². The molecule has 78 valence electrons. The quantitative estimate of drug-likeness (QED) is 0.654. The Kier molecular flexibility index (Phi) is 3.22. The van der Waals surface area contributed by atoms with E-state index < -0.39 is 12.1 Å². The molecule has 0 heterocycles. The molecule has 0 radical (unpaired) electrons. The lowest BCUT2D eigenvalue weighted by Crippen LogP contribution is -2.32. The van der Waals surface area contributed by atoms with E-state index in [4.69, 9.17) is 0 Å². The van der Waals surface area contributed by atoms with Crippen LogP contribution in [0.15, 0.2) is 0 Å². The maximum atomic E-state index is 12.4. The molecule has 0 N–H and O–H groups in total. The van der Waals surface area contributed by atoms with Crippen molar-refractivity contribution in [1.82, 2.24) is 4.90 Å². The minimum atomic E-state index is -3.99. The fourth-order valence-electron chi connectivity index (χ4n) is 2.16. The van der Waals surface area contributed by atoms with E-state index in [1.54, 1.807) is 0 Å². The summed E-state index contributed by atoms with van der Waals surface area (Å²) in [5.41, 5.74) is 0. The van der Waals surface area contributed by atoms with Crippen LogP contribution in [0, 0.1) is 11.8 Å². The third kappa shape index (κ3) is 2.86. The van der Waals surface area contributed by atoms with E-state index in [0.717, 1.165) is 12.8 Å². The van der Waals surface area contributed by atoms with E-state index in [1.165, 1.54) is 0 Å². The van der Waals surface area contributed by atoms with Gasteiger partial charge in [-0.1, -0.05) is 6.42 Å². The van der Waals surface area contributed by atoms with Crippen molar-refractivity contribution in [1.29, 1.82) is 0 Å². The lowest BCUT2D eigenvalue weighted by molar-refractivity contribution is -0.184. The molecule has 2 atom stereocenters. The Morgan fingerprint density at radius 2 is 1.85 bits per heavy atom. The maximum Gasteiger partial charge on any atom is 0.392 e. The molecule has 0 aromatic heterocycles. The molecule has 1 aliphatic carbocycles. The van der Waals surface area contributed by atoms with Crippen LogP contribution >= 0.6 is 0 Å². The Hall–Kier alpha value is -0.250. The Bertz CT molecular complexity index is 165. The SMILES string of the molecule is CN(C)CC1CCC[C@H]1C(F)(F)F. The number of hydrogen-bond acceptors (Lipinski definition) is 1. The smallest absolute Gasteiger partial charge is 0.309 e. The van der Waals surface area contributed by atoms with Gasteiger partial charge in [0.2, 0.25) is 0 Å². The highest BCUT2D eigenvalue weighted by molar-refractivity contribution is 4.83. The minimum Gasteiger partial charge on any atom is -0.309 e. The van der Waals surface area contributed by atoms with Gasteiger partial charge in [-0.15, -0.1) is 0 Å².